The van der Waals surface area contributed by atoms with E-state index in [2.05, 4.69) is 31.3 Å². The van der Waals surface area contributed by atoms with E-state index in [0.717, 1.165) is 30.6 Å². The van der Waals surface area contributed by atoms with Crippen LogP contribution in [0.4, 0.5) is 0 Å². The number of aryl methyl sites for hydroxylation is 2. The maximum atomic E-state index is 11.7. The molecule has 0 bridgehead atoms. The van der Waals surface area contributed by atoms with Crippen LogP contribution in [0.3, 0.4) is 0 Å². The van der Waals surface area contributed by atoms with E-state index in [9.17, 15) is 4.79 Å². The summed E-state index contributed by atoms with van der Waals surface area (Å²) in [5, 5.41) is 3.04. The number of likely N-dealkylation sites (N-methyl/N-ethyl adjacent to an activating group) is 1. The van der Waals surface area contributed by atoms with Crippen molar-refractivity contribution in [1.82, 2.24) is 5.32 Å². The predicted molar refractivity (Wildman–Crippen MR) is 84.7 cm³/mol. The molecule has 0 aromatic heterocycles. The minimum Gasteiger partial charge on any atom is -0.493 e. The van der Waals surface area contributed by atoms with Gasteiger partial charge in [-0.1, -0.05) is 17.7 Å². The second-order valence-electron chi connectivity index (χ2n) is 5.65. The van der Waals surface area contributed by atoms with E-state index < -0.39 is 5.54 Å². The Labute approximate surface area is 127 Å². The molecule has 0 saturated carbocycles. The molecule has 1 atom stereocenters. The first-order valence-corrected chi connectivity index (χ1v) is 7.40. The number of hydrogen-bond donors (Lipinski definition) is 1. The summed E-state index contributed by atoms with van der Waals surface area (Å²) in [5.41, 5.74) is 1.78. The number of nitrogens with one attached hydrogen (secondary N) is 1. The fourth-order valence-electron chi connectivity index (χ4n) is 2.28. The van der Waals surface area contributed by atoms with Crippen LogP contribution in [0.1, 0.15) is 37.3 Å². The highest BCUT2D eigenvalue weighted by Gasteiger charge is 2.31. The summed E-state index contributed by atoms with van der Waals surface area (Å²) >= 11 is 0. The fraction of sp³-hybridized carbons (Fsp3) is 0.588. The van der Waals surface area contributed by atoms with Gasteiger partial charge in [-0.3, -0.25) is 4.79 Å². The summed E-state index contributed by atoms with van der Waals surface area (Å²) in [6, 6.07) is 6.18. The SMILES string of the molecule is CNC(C)(CCCCOc1ccc(C)cc1C)C(=O)OC. The molecule has 0 saturated heterocycles. The molecule has 0 fully saturated rings. The van der Waals surface area contributed by atoms with Crippen molar-refractivity contribution in [1.29, 1.82) is 0 Å². The zero-order valence-corrected chi connectivity index (χ0v) is 13.8. The summed E-state index contributed by atoms with van der Waals surface area (Å²) in [6.45, 7) is 6.65. The van der Waals surface area contributed by atoms with Crippen molar-refractivity contribution in [2.75, 3.05) is 20.8 Å². The van der Waals surface area contributed by atoms with Crippen molar-refractivity contribution in [3.63, 3.8) is 0 Å². The van der Waals surface area contributed by atoms with Crippen molar-refractivity contribution < 1.29 is 14.3 Å². The van der Waals surface area contributed by atoms with Gasteiger partial charge in [-0.05, 0) is 58.7 Å². The fourth-order valence-corrected chi connectivity index (χ4v) is 2.28. The molecule has 118 valence electrons. The minimum absolute atomic E-state index is 0.222. The molecule has 1 aromatic rings. The number of hydrogen-bond acceptors (Lipinski definition) is 4. The summed E-state index contributed by atoms with van der Waals surface area (Å²) in [5.74, 6) is 0.713. The van der Waals surface area contributed by atoms with Crippen LogP contribution in [0.2, 0.25) is 0 Å². The van der Waals surface area contributed by atoms with E-state index in [4.69, 9.17) is 9.47 Å². The Morgan fingerprint density at radius 3 is 2.57 bits per heavy atom. The quantitative estimate of drug-likeness (QED) is 0.591. The number of unbranched alkanes of at least 4 members (excludes halogenated alkanes) is 1. The predicted octanol–water partition coefficient (Wildman–Crippen LogP) is 3.00. The van der Waals surface area contributed by atoms with Crippen LogP contribution in [-0.2, 0) is 9.53 Å². The summed E-state index contributed by atoms with van der Waals surface area (Å²) in [7, 11) is 3.20. The molecule has 0 aliphatic heterocycles. The average Bonchev–Trinajstić information content (AvgIpc) is 2.47. The molecule has 4 nitrogen and oxygen atoms in total. The number of methoxy groups -OCH3 is 1. The first-order valence-electron chi connectivity index (χ1n) is 7.40. The van der Waals surface area contributed by atoms with Gasteiger partial charge >= 0.3 is 5.97 Å². The lowest BCUT2D eigenvalue weighted by Crippen LogP contribution is -2.48. The van der Waals surface area contributed by atoms with Gasteiger partial charge in [-0.2, -0.15) is 0 Å². The molecule has 1 unspecified atom stereocenters. The van der Waals surface area contributed by atoms with Crippen molar-refractivity contribution in [2.24, 2.45) is 0 Å². The highest BCUT2D eigenvalue weighted by atomic mass is 16.5. The molecule has 0 aliphatic rings. The Hall–Kier alpha value is -1.55. The van der Waals surface area contributed by atoms with Crippen LogP contribution in [0.25, 0.3) is 0 Å². The summed E-state index contributed by atoms with van der Waals surface area (Å²) in [4.78, 5) is 11.7. The topological polar surface area (TPSA) is 47.6 Å². The lowest BCUT2D eigenvalue weighted by molar-refractivity contribution is -0.148. The Kier molecular flexibility index (Phi) is 6.69. The van der Waals surface area contributed by atoms with Crippen LogP contribution >= 0.6 is 0 Å². The molecule has 1 aromatic carbocycles. The summed E-state index contributed by atoms with van der Waals surface area (Å²) < 4.78 is 10.6. The number of rotatable bonds is 8. The largest absolute Gasteiger partial charge is 0.493 e. The molecule has 0 radical (unpaired) electrons. The van der Waals surface area contributed by atoms with Gasteiger partial charge in [0, 0.05) is 0 Å². The monoisotopic (exact) mass is 293 g/mol. The second kappa shape index (κ2) is 8.03. The third-order valence-electron chi connectivity index (χ3n) is 3.85. The van der Waals surface area contributed by atoms with E-state index in [1.54, 1.807) is 7.05 Å². The Morgan fingerprint density at radius 1 is 1.29 bits per heavy atom. The van der Waals surface area contributed by atoms with Gasteiger partial charge in [0.1, 0.15) is 11.3 Å². The van der Waals surface area contributed by atoms with Crippen molar-refractivity contribution >= 4 is 5.97 Å². The van der Waals surface area contributed by atoms with Crippen LogP contribution in [0.15, 0.2) is 18.2 Å². The van der Waals surface area contributed by atoms with E-state index in [-0.39, 0.29) is 5.97 Å². The molecule has 0 heterocycles. The molecule has 0 aliphatic carbocycles. The standard InChI is InChI=1S/C17H27NO3/c1-13-8-9-15(14(2)12-13)21-11-7-6-10-17(3,18-4)16(19)20-5/h8-9,12,18H,6-7,10-11H2,1-5H3. The van der Waals surface area contributed by atoms with Gasteiger partial charge in [-0.15, -0.1) is 0 Å². The van der Waals surface area contributed by atoms with Crippen LogP contribution in [0.5, 0.6) is 5.75 Å². The van der Waals surface area contributed by atoms with E-state index in [1.165, 1.54) is 12.7 Å². The minimum atomic E-state index is -0.617. The van der Waals surface area contributed by atoms with Crippen LogP contribution in [0, 0.1) is 13.8 Å². The van der Waals surface area contributed by atoms with Gasteiger partial charge in [0.25, 0.3) is 0 Å². The normalized spacial score (nSPS) is 13.6. The number of benzene rings is 1. The Bertz CT molecular complexity index is 473. The molecule has 0 spiro atoms. The Morgan fingerprint density at radius 2 is 2.00 bits per heavy atom. The number of ether oxygens (including phenoxy) is 2. The van der Waals surface area contributed by atoms with Gasteiger partial charge in [0.05, 0.1) is 13.7 Å². The van der Waals surface area contributed by atoms with Gasteiger partial charge in [0.15, 0.2) is 0 Å². The van der Waals surface area contributed by atoms with E-state index in [1.807, 2.05) is 13.0 Å². The molecular weight excluding hydrogens is 266 g/mol. The first kappa shape index (κ1) is 17.5. The molecule has 0 amide bonds. The Balaban J connectivity index is 2.36. The van der Waals surface area contributed by atoms with Crippen LogP contribution in [-0.4, -0.2) is 32.3 Å². The number of carbonyl (C=O) groups excluding carboxylic acids is 1. The van der Waals surface area contributed by atoms with E-state index >= 15 is 0 Å². The zero-order valence-electron chi connectivity index (χ0n) is 13.8. The highest BCUT2D eigenvalue weighted by molar-refractivity contribution is 5.80. The maximum absolute atomic E-state index is 11.7. The average molecular weight is 293 g/mol. The molecular formula is C17H27NO3. The van der Waals surface area contributed by atoms with Crippen molar-refractivity contribution in [3.05, 3.63) is 29.3 Å². The molecule has 21 heavy (non-hydrogen) atoms. The lowest BCUT2D eigenvalue weighted by Gasteiger charge is -2.25. The van der Waals surface area contributed by atoms with Crippen molar-refractivity contribution in [3.8, 4) is 5.75 Å². The molecule has 1 rings (SSSR count). The van der Waals surface area contributed by atoms with Crippen LogP contribution < -0.4 is 10.1 Å². The summed E-state index contributed by atoms with van der Waals surface area (Å²) in [6.07, 6.45) is 2.53. The number of carbonyl (C=O) groups is 1. The lowest BCUT2D eigenvalue weighted by atomic mass is 9.95. The first-order chi connectivity index (χ1) is 9.92. The number of esters is 1. The van der Waals surface area contributed by atoms with Gasteiger partial charge in [-0.25, -0.2) is 0 Å². The second-order valence-corrected chi connectivity index (χ2v) is 5.65. The van der Waals surface area contributed by atoms with Gasteiger partial charge < -0.3 is 14.8 Å². The molecule has 4 heteroatoms. The van der Waals surface area contributed by atoms with Gasteiger partial charge in [0.2, 0.25) is 0 Å². The van der Waals surface area contributed by atoms with Crippen molar-refractivity contribution in [2.45, 2.75) is 45.6 Å². The molecule has 1 N–H and O–H groups in total. The third kappa shape index (κ3) is 5.05. The maximum Gasteiger partial charge on any atom is 0.325 e. The zero-order chi connectivity index (χ0) is 15.9. The third-order valence-corrected chi connectivity index (χ3v) is 3.85. The van der Waals surface area contributed by atoms with E-state index in [0.29, 0.717) is 6.61 Å². The smallest absolute Gasteiger partial charge is 0.325 e. The highest BCUT2D eigenvalue weighted by Crippen LogP contribution is 2.20.